The Bertz CT molecular complexity index is 345. The molecule has 0 aromatic heterocycles. The van der Waals surface area contributed by atoms with Crippen molar-refractivity contribution >= 4 is 5.69 Å². The normalized spacial score (nSPS) is 12.3. The highest BCUT2D eigenvalue weighted by Gasteiger charge is 2.11. The van der Waals surface area contributed by atoms with Gasteiger partial charge in [0.05, 0.1) is 14.2 Å². The topological polar surface area (TPSA) is 56.5 Å². The third-order valence-corrected chi connectivity index (χ3v) is 3.17. The van der Waals surface area contributed by atoms with Gasteiger partial charge in [0.25, 0.3) is 0 Å². The Hall–Kier alpha value is -1.42. The fourth-order valence-corrected chi connectivity index (χ4v) is 1.75. The maximum atomic E-state index is 5.76. The molecule has 4 heteroatoms. The molecule has 102 valence electrons. The minimum Gasteiger partial charge on any atom is -0.497 e. The second-order valence-electron chi connectivity index (χ2n) is 4.72. The van der Waals surface area contributed by atoms with Crippen LogP contribution in [0.4, 0.5) is 5.69 Å². The van der Waals surface area contributed by atoms with Crippen LogP contribution >= 0.6 is 0 Å². The molecule has 0 spiro atoms. The Morgan fingerprint density at radius 2 is 1.67 bits per heavy atom. The Labute approximate surface area is 109 Å². The smallest absolute Gasteiger partial charge is 0.124 e. The number of ether oxygens (including phenoxy) is 2. The first-order valence-electron chi connectivity index (χ1n) is 6.27. The molecule has 1 aromatic rings. The highest BCUT2D eigenvalue weighted by molar-refractivity contribution is 5.53. The van der Waals surface area contributed by atoms with Gasteiger partial charge in [0.15, 0.2) is 0 Å². The zero-order chi connectivity index (χ0) is 13.5. The van der Waals surface area contributed by atoms with Gasteiger partial charge in [0.2, 0.25) is 0 Å². The SMILES string of the molecule is COc1cc(NCC(CN)C(C)C)cc(OC)c1. The van der Waals surface area contributed by atoms with Gasteiger partial charge in [-0.3, -0.25) is 0 Å². The van der Waals surface area contributed by atoms with Crippen molar-refractivity contribution in [3.05, 3.63) is 18.2 Å². The lowest BCUT2D eigenvalue weighted by Gasteiger charge is -2.20. The molecule has 0 aliphatic heterocycles. The van der Waals surface area contributed by atoms with Gasteiger partial charge >= 0.3 is 0 Å². The summed E-state index contributed by atoms with van der Waals surface area (Å²) in [5, 5.41) is 3.39. The van der Waals surface area contributed by atoms with Gasteiger partial charge in [0.1, 0.15) is 11.5 Å². The zero-order valence-corrected chi connectivity index (χ0v) is 11.7. The molecule has 4 nitrogen and oxygen atoms in total. The van der Waals surface area contributed by atoms with E-state index in [-0.39, 0.29) is 0 Å². The number of nitrogens with two attached hydrogens (primary N) is 1. The van der Waals surface area contributed by atoms with Crippen molar-refractivity contribution in [3.8, 4) is 11.5 Å². The molecule has 1 unspecified atom stereocenters. The van der Waals surface area contributed by atoms with E-state index in [1.807, 2.05) is 18.2 Å². The van der Waals surface area contributed by atoms with E-state index in [9.17, 15) is 0 Å². The van der Waals surface area contributed by atoms with Crippen molar-refractivity contribution in [2.75, 3.05) is 32.6 Å². The average Bonchev–Trinajstić information content (AvgIpc) is 2.38. The fourth-order valence-electron chi connectivity index (χ4n) is 1.75. The van der Waals surface area contributed by atoms with Gasteiger partial charge in [-0.25, -0.2) is 0 Å². The highest BCUT2D eigenvalue weighted by Crippen LogP contribution is 2.26. The summed E-state index contributed by atoms with van der Waals surface area (Å²) in [7, 11) is 3.30. The first-order valence-corrected chi connectivity index (χ1v) is 6.27. The van der Waals surface area contributed by atoms with E-state index >= 15 is 0 Å². The third kappa shape index (κ3) is 4.11. The van der Waals surface area contributed by atoms with E-state index < -0.39 is 0 Å². The first kappa shape index (κ1) is 14.6. The van der Waals surface area contributed by atoms with Gasteiger partial charge in [-0.05, 0) is 18.4 Å². The highest BCUT2D eigenvalue weighted by atomic mass is 16.5. The molecule has 0 amide bonds. The van der Waals surface area contributed by atoms with Gasteiger partial charge in [-0.1, -0.05) is 13.8 Å². The number of methoxy groups -OCH3 is 2. The number of anilines is 1. The van der Waals surface area contributed by atoms with Gasteiger partial charge in [-0.15, -0.1) is 0 Å². The summed E-state index contributed by atoms with van der Waals surface area (Å²) >= 11 is 0. The molecule has 0 radical (unpaired) electrons. The molecule has 18 heavy (non-hydrogen) atoms. The van der Waals surface area contributed by atoms with Crippen LogP contribution in [-0.4, -0.2) is 27.3 Å². The first-order chi connectivity index (χ1) is 8.60. The van der Waals surface area contributed by atoms with Crippen molar-refractivity contribution in [2.24, 2.45) is 17.6 Å². The van der Waals surface area contributed by atoms with E-state index in [4.69, 9.17) is 15.2 Å². The molecule has 0 saturated carbocycles. The lowest BCUT2D eigenvalue weighted by Crippen LogP contribution is -2.27. The largest absolute Gasteiger partial charge is 0.497 e. The van der Waals surface area contributed by atoms with E-state index in [0.717, 1.165) is 23.7 Å². The van der Waals surface area contributed by atoms with Crippen LogP contribution in [0.1, 0.15) is 13.8 Å². The van der Waals surface area contributed by atoms with Crippen LogP contribution in [0.2, 0.25) is 0 Å². The van der Waals surface area contributed by atoms with Gasteiger partial charge < -0.3 is 20.5 Å². The predicted octanol–water partition coefficient (Wildman–Crippen LogP) is 2.35. The number of hydrogen-bond donors (Lipinski definition) is 2. The predicted molar refractivity (Wildman–Crippen MR) is 75.4 cm³/mol. The van der Waals surface area contributed by atoms with Crippen LogP contribution in [0, 0.1) is 11.8 Å². The van der Waals surface area contributed by atoms with Gasteiger partial charge in [0, 0.05) is 30.4 Å². The van der Waals surface area contributed by atoms with Crippen LogP contribution < -0.4 is 20.5 Å². The van der Waals surface area contributed by atoms with E-state index in [1.54, 1.807) is 14.2 Å². The fraction of sp³-hybridized carbons (Fsp3) is 0.571. The molecule has 3 N–H and O–H groups in total. The summed E-state index contributed by atoms with van der Waals surface area (Å²) in [6.07, 6.45) is 0. The molecule has 0 bridgehead atoms. The van der Waals surface area contributed by atoms with Crippen molar-refractivity contribution < 1.29 is 9.47 Å². The van der Waals surface area contributed by atoms with Crippen molar-refractivity contribution in [2.45, 2.75) is 13.8 Å². The number of benzene rings is 1. The van der Waals surface area contributed by atoms with Crippen molar-refractivity contribution in [1.29, 1.82) is 0 Å². The van der Waals surface area contributed by atoms with Crippen molar-refractivity contribution in [3.63, 3.8) is 0 Å². The van der Waals surface area contributed by atoms with Crippen LogP contribution in [-0.2, 0) is 0 Å². The summed E-state index contributed by atoms with van der Waals surface area (Å²) in [6, 6.07) is 5.76. The second-order valence-corrected chi connectivity index (χ2v) is 4.72. The van der Waals surface area contributed by atoms with E-state index in [1.165, 1.54) is 0 Å². The summed E-state index contributed by atoms with van der Waals surface area (Å²) in [5.74, 6) is 2.59. The molecule has 0 aliphatic rings. The molecule has 1 rings (SSSR count). The Morgan fingerprint density at radius 1 is 1.11 bits per heavy atom. The standard InChI is InChI=1S/C14H24N2O2/c1-10(2)11(8-15)9-16-12-5-13(17-3)7-14(6-12)18-4/h5-7,10-11,16H,8-9,15H2,1-4H3. The molecule has 0 fully saturated rings. The lowest BCUT2D eigenvalue weighted by molar-refractivity contribution is 0.394. The molecular weight excluding hydrogens is 228 g/mol. The quantitative estimate of drug-likeness (QED) is 0.782. The summed E-state index contributed by atoms with van der Waals surface area (Å²) in [4.78, 5) is 0. The number of rotatable bonds is 7. The molecular formula is C14H24N2O2. The lowest BCUT2D eigenvalue weighted by atomic mass is 9.96. The zero-order valence-electron chi connectivity index (χ0n) is 11.7. The number of hydrogen-bond acceptors (Lipinski definition) is 4. The maximum Gasteiger partial charge on any atom is 0.124 e. The molecule has 1 aromatic carbocycles. The molecule has 0 aliphatic carbocycles. The van der Waals surface area contributed by atoms with Crippen LogP contribution in [0.25, 0.3) is 0 Å². The molecule has 0 heterocycles. The summed E-state index contributed by atoms with van der Waals surface area (Å²) in [6.45, 7) is 5.91. The Balaban J connectivity index is 2.71. The van der Waals surface area contributed by atoms with Crippen LogP contribution in [0.3, 0.4) is 0 Å². The summed E-state index contributed by atoms with van der Waals surface area (Å²) < 4.78 is 10.5. The van der Waals surface area contributed by atoms with Gasteiger partial charge in [-0.2, -0.15) is 0 Å². The van der Waals surface area contributed by atoms with E-state index in [2.05, 4.69) is 19.2 Å². The summed E-state index contributed by atoms with van der Waals surface area (Å²) in [5.41, 5.74) is 6.75. The minimum atomic E-state index is 0.460. The number of nitrogens with one attached hydrogen (secondary N) is 1. The second kappa shape index (κ2) is 7.11. The van der Waals surface area contributed by atoms with Crippen molar-refractivity contribution in [1.82, 2.24) is 0 Å². The Morgan fingerprint density at radius 3 is 2.06 bits per heavy atom. The molecule has 0 saturated heterocycles. The Kier molecular flexibility index (Phi) is 5.78. The molecule has 1 atom stereocenters. The maximum absolute atomic E-state index is 5.76. The van der Waals surface area contributed by atoms with Crippen LogP contribution in [0.15, 0.2) is 18.2 Å². The van der Waals surface area contributed by atoms with E-state index in [0.29, 0.717) is 18.4 Å². The average molecular weight is 252 g/mol. The third-order valence-electron chi connectivity index (χ3n) is 3.17. The monoisotopic (exact) mass is 252 g/mol. The van der Waals surface area contributed by atoms with Crippen LogP contribution in [0.5, 0.6) is 11.5 Å². The minimum absolute atomic E-state index is 0.460.